The van der Waals surface area contributed by atoms with E-state index in [9.17, 15) is 4.79 Å². The average Bonchev–Trinajstić information content (AvgIpc) is 3.24. The Labute approximate surface area is 168 Å². The lowest BCUT2D eigenvalue weighted by atomic mass is 10.1. The molecule has 2 aromatic carbocycles. The van der Waals surface area contributed by atoms with Gasteiger partial charge < -0.3 is 5.32 Å². The second kappa shape index (κ2) is 7.56. The van der Waals surface area contributed by atoms with Gasteiger partial charge in [0.1, 0.15) is 5.82 Å². The third kappa shape index (κ3) is 3.82. The van der Waals surface area contributed by atoms with Crippen molar-refractivity contribution in [2.24, 2.45) is 0 Å². The van der Waals surface area contributed by atoms with Crippen molar-refractivity contribution in [3.05, 3.63) is 70.9 Å². The van der Waals surface area contributed by atoms with Gasteiger partial charge in [-0.1, -0.05) is 41.7 Å². The number of aryl methyl sites for hydroxylation is 4. The smallest absolute Gasteiger partial charge is 0.225 e. The minimum atomic E-state index is -0.0298. The second-order valence-corrected chi connectivity index (χ2v) is 8.03. The Balaban J connectivity index is 1.56. The van der Waals surface area contributed by atoms with Gasteiger partial charge in [-0.15, -0.1) is 0 Å². The highest BCUT2D eigenvalue weighted by Crippen LogP contribution is 2.29. The molecule has 0 spiro atoms. The number of fused-ring (bicyclic) bond motifs is 1. The maximum absolute atomic E-state index is 12.5. The molecule has 0 fully saturated rings. The minimum Gasteiger partial charge on any atom is -0.310 e. The van der Waals surface area contributed by atoms with Gasteiger partial charge in [0.25, 0.3) is 0 Å². The summed E-state index contributed by atoms with van der Waals surface area (Å²) in [4.78, 5) is 17.2. The Morgan fingerprint density at radius 3 is 2.61 bits per heavy atom. The van der Waals surface area contributed by atoms with Crippen LogP contribution < -0.4 is 5.32 Å². The van der Waals surface area contributed by atoms with E-state index in [1.165, 1.54) is 11.1 Å². The highest BCUT2D eigenvalue weighted by Gasteiger charge is 2.15. The lowest BCUT2D eigenvalue weighted by Crippen LogP contribution is -2.15. The maximum Gasteiger partial charge on any atom is 0.225 e. The normalized spacial score (nSPS) is 11.1. The Morgan fingerprint density at radius 2 is 1.82 bits per heavy atom. The first kappa shape index (κ1) is 18.4. The molecule has 0 unspecified atom stereocenters. The number of hydrogen-bond acceptors (Lipinski definition) is 4. The molecule has 0 radical (unpaired) electrons. The van der Waals surface area contributed by atoms with Crippen molar-refractivity contribution in [1.82, 2.24) is 14.8 Å². The van der Waals surface area contributed by atoms with Gasteiger partial charge in [0, 0.05) is 12.5 Å². The van der Waals surface area contributed by atoms with Crippen LogP contribution in [0, 0.1) is 20.8 Å². The van der Waals surface area contributed by atoms with Crippen LogP contribution in [-0.2, 0) is 11.2 Å². The summed E-state index contributed by atoms with van der Waals surface area (Å²) in [6, 6.07) is 16.2. The Hall–Kier alpha value is -2.99. The number of carbonyl (C=O) groups is 1. The maximum atomic E-state index is 12.5. The highest BCUT2D eigenvalue weighted by atomic mass is 32.1. The molecule has 1 N–H and O–H groups in total. The quantitative estimate of drug-likeness (QED) is 0.523. The van der Waals surface area contributed by atoms with Gasteiger partial charge in [0.05, 0.1) is 15.9 Å². The number of nitrogens with zero attached hydrogens (tertiary/aromatic N) is 3. The fourth-order valence-electron chi connectivity index (χ4n) is 3.10. The first-order chi connectivity index (χ1) is 13.5. The van der Waals surface area contributed by atoms with Crippen LogP contribution in [0.2, 0.25) is 0 Å². The molecule has 2 heterocycles. The van der Waals surface area contributed by atoms with E-state index in [2.05, 4.69) is 36.4 Å². The predicted molar refractivity (Wildman–Crippen MR) is 114 cm³/mol. The zero-order chi connectivity index (χ0) is 19.7. The summed E-state index contributed by atoms with van der Waals surface area (Å²) in [6.07, 6.45) is 1.13. The Morgan fingerprint density at radius 1 is 1.07 bits per heavy atom. The lowest BCUT2D eigenvalue weighted by molar-refractivity contribution is -0.116. The van der Waals surface area contributed by atoms with E-state index in [1.807, 2.05) is 43.3 Å². The van der Waals surface area contributed by atoms with Crippen LogP contribution >= 0.6 is 11.3 Å². The number of aromatic nitrogens is 3. The fourth-order valence-corrected chi connectivity index (χ4v) is 4.11. The molecule has 1 amide bonds. The largest absolute Gasteiger partial charge is 0.310 e. The Kier molecular flexibility index (Phi) is 4.96. The summed E-state index contributed by atoms with van der Waals surface area (Å²) in [6.45, 7) is 6.10. The number of nitrogens with one attached hydrogen (secondary N) is 1. The number of thiazole rings is 1. The lowest BCUT2D eigenvalue weighted by Gasteiger charge is -2.06. The number of anilines is 1. The summed E-state index contributed by atoms with van der Waals surface area (Å²) in [5, 5.41) is 8.29. The number of benzene rings is 2. The van der Waals surface area contributed by atoms with Crippen molar-refractivity contribution in [3.63, 3.8) is 0 Å². The van der Waals surface area contributed by atoms with Crippen LogP contribution in [0.5, 0.6) is 0 Å². The van der Waals surface area contributed by atoms with Gasteiger partial charge in [-0.25, -0.2) is 4.98 Å². The van der Waals surface area contributed by atoms with E-state index in [0.29, 0.717) is 18.7 Å². The number of hydrogen-bond donors (Lipinski definition) is 1. The van der Waals surface area contributed by atoms with Crippen LogP contribution in [0.15, 0.2) is 48.5 Å². The summed E-state index contributed by atoms with van der Waals surface area (Å²) in [7, 11) is 0. The topological polar surface area (TPSA) is 59.8 Å². The summed E-state index contributed by atoms with van der Waals surface area (Å²) < 4.78 is 2.85. The van der Waals surface area contributed by atoms with Crippen molar-refractivity contribution < 1.29 is 4.79 Å². The molecule has 28 heavy (non-hydrogen) atoms. The first-order valence-corrected chi connectivity index (χ1v) is 10.1. The molecule has 142 valence electrons. The molecule has 6 heteroatoms. The summed E-state index contributed by atoms with van der Waals surface area (Å²) in [5.74, 6) is 0.626. The second-order valence-electron chi connectivity index (χ2n) is 7.02. The van der Waals surface area contributed by atoms with Crippen LogP contribution in [0.3, 0.4) is 0 Å². The van der Waals surface area contributed by atoms with Crippen LogP contribution in [0.25, 0.3) is 15.3 Å². The van der Waals surface area contributed by atoms with Gasteiger partial charge in [-0.3, -0.25) is 4.79 Å². The van der Waals surface area contributed by atoms with Crippen molar-refractivity contribution in [3.8, 4) is 5.13 Å². The van der Waals surface area contributed by atoms with Crippen LogP contribution in [-0.4, -0.2) is 20.7 Å². The third-order valence-corrected chi connectivity index (χ3v) is 5.75. The molecule has 4 rings (SSSR count). The molecule has 4 aromatic rings. The van der Waals surface area contributed by atoms with E-state index in [4.69, 9.17) is 4.98 Å². The van der Waals surface area contributed by atoms with Gasteiger partial charge >= 0.3 is 0 Å². The van der Waals surface area contributed by atoms with Crippen LogP contribution in [0.4, 0.5) is 5.82 Å². The zero-order valence-corrected chi connectivity index (χ0v) is 17.0. The fraction of sp³-hybridized carbons (Fsp3) is 0.227. The van der Waals surface area contributed by atoms with Crippen LogP contribution in [0.1, 0.15) is 28.8 Å². The molecule has 5 nitrogen and oxygen atoms in total. The average molecular weight is 391 g/mol. The van der Waals surface area contributed by atoms with E-state index in [0.717, 1.165) is 26.6 Å². The number of rotatable bonds is 5. The first-order valence-electron chi connectivity index (χ1n) is 9.28. The monoisotopic (exact) mass is 390 g/mol. The highest BCUT2D eigenvalue weighted by molar-refractivity contribution is 7.20. The van der Waals surface area contributed by atoms with Crippen molar-refractivity contribution in [1.29, 1.82) is 0 Å². The molecular formula is C22H22N4OS. The zero-order valence-electron chi connectivity index (χ0n) is 16.2. The third-order valence-electron chi connectivity index (χ3n) is 4.76. The molecule has 0 aliphatic heterocycles. The minimum absolute atomic E-state index is 0.0298. The predicted octanol–water partition coefficient (Wildman–Crippen LogP) is 4.98. The van der Waals surface area contributed by atoms with Crippen molar-refractivity contribution in [2.45, 2.75) is 33.6 Å². The molecule has 0 bridgehead atoms. The summed E-state index contributed by atoms with van der Waals surface area (Å²) in [5.41, 5.74) is 5.41. The molecule has 0 aliphatic rings. The molecular weight excluding hydrogens is 368 g/mol. The molecule has 0 aliphatic carbocycles. The van der Waals surface area contributed by atoms with Crippen molar-refractivity contribution in [2.75, 3.05) is 5.32 Å². The van der Waals surface area contributed by atoms with Gasteiger partial charge in [0.2, 0.25) is 11.0 Å². The summed E-state index contributed by atoms with van der Waals surface area (Å²) >= 11 is 1.58. The Bertz CT molecular complexity index is 1110. The number of amides is 1. The molecule has 0 saturated heterocycles. The standard InChI is InChI=1S/C22H22N4OS/c1-14-11-18-19(12-15(14)2)28-22(23-18)26-20(13-16(3)25-26)24-21(27)10-9-17-7-5-4-6-8-17/h4-8,11-13H,9-10H2,1-3H3,(H,24,27). The SMILES string of the molecule is Cc1cc(NC(=O)CCc2ccccc2)n(-c2nc3cc(C)c(C)cc3s2)n1. The van der Waals surface area contributed by atoms with Crippen molar-refractivity contribution >= 4 is 33.3 Å². The van der Waals surface area contributed by atoms with E-state index < -0.39 is 0 Å². The molecule has 2 aromatic heterocycles. The molecule has 0 atom stereocenters. The van der Waals surface area contributed by atoms with Gasteiger partial charge in [0.15, 0.2) is 0 Å². The van der Waals surface area contributed by atoms with E-state index in [1.54, 1.807) is 16.0 Å². The molecule has 0 saturated carbocycles. The number of carbonyl (C=O) groups excluding carboxylic acids is 1. The van der Waals surface area contributed by atoms with E-state index >= 15 is 0 Å². The van der Waals surface area contributed by atoms with Gasteiger partial charge in [-0.05, 0) is 56.0 Å². The van der Waals surface area contributed by atoms with Gasteiger partial charge in [-0.2, -0.15) is 9.78 Å². The van der Waals surface area contributed by atoms with E-state index in [-0.39, 0.29) is 5.91 Å².